The second-order valence-corrected chi connectivity index (χ2v) is 4.99. The highest BCUT2D eigenvalue weighted by Crippen LogP contribution is 2.31. The highest BCUT2D eigenvalue weighted by Gasteiger charge is 2.23. The van der Waals surface area contributed by atoms with Crippen LogP contribution in [0, 0.1) is 5.92 Å². The number of fused-ring (bicyclic) bond motifs is 1. The van der Waals surface area contributed by atoms with Crippen LogP contribution in [0.15, 0.2) is 24.3 Å². The molecule has 1 aliphatic carbocycles. The van der Waals surface area contributed by atoms with Gasteiger partial charge in [0.05, 0.1) is 0 Å². The maximum absolute atomic E-state index is 3.73. The van der Waals surface area contributed by atoms with E-state index >= 15 is 0 Å². The summed E-state index contributed by atoms with van der Waals surface area (Å²) in [7, 11) is 0. The number of aryl methyl sites for hydroxylation is 1. The summed E-state index contributed by atoms with van der Waals surface area (Å²) >= 11 is 0. The van der Waals surface area contributed by atoms with Gasteiger partial charge in [0.1, 0.15) is 0 Å². The quantitative estimate of drug-likeness (QED) is 0.794. The summed E-state index contributed by atoms with van der Waals surface area (Å²) in [5.74, 6) is 0.706. The van der Waals surface area contributed by atoms with Gasteiger partial charge in [0.2, 0.25) is 0 Å². The Balaban J connectivity index is 2.08. The van der Waals surface area contributed by atoms with Crippen LogP contribution in [0.25, 0.3) is 0 Å². The van der Waals surface area contributed by atoms with Gasteiger partial charge in [-0.15, -0.1) is 0 Å². The molecular formula is C14H21N. The highest BCUT2D eigenvalue weighted by atomic mass is 15.0. The predicted octanol–water partition coefficient (Wildman–Crippen LogP) is 3.31. The van der Waals surface area contributed by atoms with Gasteiger partial charge in [0.25, 0.3) is 0 Å². The topological polar surface area (TPSA) is 12.0 Å². The van der Waals surface area contributed by atoms with Crippen LogP contribution >= 0.6 is 0 Å². The molecule has 0 bridgehead atoms. The lowest BCUT2D eigenvalue weighted by Gasteiger charge is -2.23. The van der Waals surface area contributed by atoms with Gasteiger partial charge in [0.15, 0.2) is 0 Å². The zero-order chi connectivity index (χ0) is 10.8. The molecule has 0 radical (unpaired) electrons. The largest absolute Gasteiger partial charge is 0.307 e. The van der Waals surface area contributed by atoms with Crippen molar-refractivity contribution < 1.29 is 0 Å². The molecule has 0 fully saturated rings. The Hall–Kier alpha value is -0.820. The molecule has 0 aromatic heterocycles. The van der Waals surface area contributed by atoms with Crippen molar-refractivity contribution >= 4 is 0 Å². The van der Waals surface area contributed by atoms with Crippen molar-refractivity contribution in [2.75, 3.05) is 0 Å². The Bertz CT molecular complexity index is 330. The lowest BCUT2D eigenvalue weighted by atomic mass is 10.0. The van der Waals surface area contributed by atoms with Gasteiger partial charge >= 0.3 is 0 Å². The van der Waals surface area contributed by atoms with Crippen LogP contribution in [0.1, 0.15) is 44.4 Å². The minimum absolute atomic E-state index is 0.582. The molecule has 1 aromatic rings. The summed E-state index contributed by atoms with van der Waals surface area (Å²) in [6, 6.07) is 10.0. The summed E-state index contributed by atoms with van der Waals surface area (Å²) in [6.07, 6.45) is 2.50. The summed E-state index contributed by atoms with van der Waals surface area (Å²) in [5.41, 5.74) is 3.05. The summed E-state index contributed by atoms with van der Waals surface area (Å²) in [4.78, 5) is 0. The first-order chi connectivity index (χ1) is 7.18. The van der Waals surface area contributed by atoms with E-state index in [0.717, 1.165) is 0 Å². The van der Waals surface area contributed by atoms with Crippen LogP contribution in [-0.2, 0) is 6.42 Å². The van der Waals surface area contributed by atoms with E-state index in [0.29, 0.717) is 18.0 Å². The predicted molar refractivity (Wildman–Crippen MR) is 64.9 cm³/mol. The molecule has 1 aliphatic rings. The summed E-state index contributed by atoms with van der Waals surface area (Å²) < 4.78 is 0. The average molecular weight is 203 g/mol. The van der Waals surface area contributed by atoms with Gasteiger partial charge in [-0.25, -0.2) is 0 Å². The van der Waals surface area contributed by atoms with E-state index < -0.39 is 0 Å². The lowest BCUT2D eigenvalue weighted by molar-refractivity contribution is 0.375. The Morgan fingerprint density at radius 2 is 1.93 bits per heavy atom. The van der Waals surface area contributed by atoms with Gasteiger partial charge < -0.3 is 5.32 Å². The van der Waals surface area contributed by atoms with Crippen LogP contribution < -0.4 is 5.32 Å². The van der Waals surface area contributed by atoms with E-state index in [1.165, 1.54) is 24.0 Å². The van der Waals surface area contributed by atoms with E-state index in [4.69, 9.17) is 0 Å². The molecule has 1 aromatic carbocycles. The third-order valence-electron chi connectivity index (χ3n) is 3.60. The van der Waals surface area contributed by atoms with Gasteiger partial charge in [-0.2, -0.15) is 0 Å². The Morgan fingerprint density at radius 3 is 2.67 bits per heavy atom. The minimum Gasteiger partial charge on any atom is -0.307 e. The first-order valence-electron chi connectivity index (χ1n) is 6.02. The third-order valence-corrected chi connectivity index (χ3v) is 3.60. The monoisotopic (exact) mass is 203 g/mol. The molecule has 0 amide bonds. The second kappa shape index (κ2) is 4.36. The van der Waals surface area contributed by atoms with Crippen molar-refractivity contribution in [2.45, 2.75) is 45.7 Å². The van der Waals surface area contributed by atoms with Crippen LogP contribution in [0.3, 0.4) is 0 Å². The number of rotatable bonds is 3. The van der Waals surface area contributed by atoms with Crippen molar-refractivity contribution in [1.82, 2.24) is 5.32 Å². The molecule has 1 N–H and O–H groups in total. The Kier molecular flexibility index (Phi) is 3.11. The molecule has 0 aliphatic heterocycles. The molecule has 0 spiro atoms. The van der Waals surface area contributed by atoms with Crippen LogP contribution in [-0.4, -0.2) is 6.04 Å². The van der Waals surface area contributed by atoms with Gasteiger partial charge in [-0.05, 0) is 36.8 Å². The SMILES string of the molecule is CC(C)[C@H](C)N[C@@H]1CCc2ccccc21. The molecule has 82 valence electrons. The van der Waals surface area contributed by atoms with E-state index in [1.54, 1.807) is 0 Å². The normalized spacial score (nSPS) is 21.7. The van der Waals surface area contributed by atoms with Crippen molar-refractivity contribution in [3.8, 4) is 0 Å². The first kappa shape index (κ1) is 10.7. The molecule has 0 saturated carbocycles. The van der Waals surface area contributed by atoms with Gasteiger partial charge in [-0.1, -0.05) is 38.1 Å². The molecule has 1 nitrogen and oxygen atoms in total. The minimum atomic E-state index is 0.582. The number of benzene rings is 1. The Morgan fingerprint density at radius 1 is 1.20 bits per heavy atom. The maximum atomic E-state index is 3.73. The van der Waals surface area contributed by atoms with Gasteiger partial charge in [0, 0.05) is 12.1 Å². The number of hydrogen-bond donors (Lipinski definition) is 1. The molecule has 0 heterocycles. The van der Waals surface area contributed by atoms with Crippen molar-refractivity contribution in [1.29, 1.82) is 0 Å². The fraction of sp³-hybridized carbons (Fsp3) is 0.571. The molecule has 1 heteroatoms. The van der Waals surface area contributed by atoms with Crippen LogP contribution in [0.5, 0.6) is 0 Å². The van der Waals surface area contributed by atoms with E-state index in [1.807, 2.05) is 0 Å². The van der Waals surface area contributed by atoms with Crippen LogP contribution in [0.2, 0.25) is 0 Å². The fourth-order valence-electron chi connectivity index (χ4n) is 2.24. The zero-order valence-electron chi connectivity index (χ0n) is 9.96. The molecule has 0 saturated heterocycles. The van der Waals surface area contributed by atoms with Crippen LogP contribution in [0.4, 0.5) is 0 Å². The molecule has 2 rings (SSSR count). The molecular weight excluding hydrogens is 182 g/mol. The van der Waals surface area contributed by atoms with E-state index in [-0.39, 0.29) is 0 Å². The Labute approximate surface area is 92.9 Å². The average Bonchev–Trinajstić information content (AvgIpc) is 2.62. The summed E-state index contributed by atoms with van der Waals surface area (Å²) in [5, 5.41) is 3.73. The van der Waals surface area contributed by atoms with Gasteiger partial charge in [-0.3, -0.25) is 0 Å². The van der Waals surface area contributed by atoms with Crippen molar-refractivity contribution in [3.05, 3.63) is 35.4 Å². The number of nitrogens with one attached hydrogen (secondary N) is 1. The smallest absolute Gasteiger partial charge is 0.0328 e. The first-order valence-corrected chi connectivity index (χ1v) is 6.02. The second-order valence-electron chi connectivity index (χ2n) is 4.99. The summed E-state index contributed by atoms with van der Waals surface area (Å²) in [6.45, 7) is 6.84. The zero-order valence-corrected chi connectivity index (χ0v) is 9.96. The molecule has 0 unspecified atom stereocenters. The molecule has 2 atom stereocenters. The number of hydrogen-bond acceptors (Lipinski definition) is 1. The van der Waals surface area contributed by atoms with E-state index in [2.05, 4.69) is 50.4 Å². The lowest BCUT2D eigenvalue weighted by Crippen LogP contribution is -2.33. The van der Waals surface area contributed by atoms with Crippen molar-refractivity contribution in [3.63, 3.8) is 0 Å². The van der Waals surface area contributed by atoms with E-state index in [9.17, 15) is 0 Å². The maximum Gasteiger partial charge on any atom is 0.0328 e. The fourth-order valence-corrected chi connectivity index (χ4v) is 2.24. The molecule has 15 heavy (non-hydrogen) atoms. The third kappa shape index (κ3) is 2.23. The highest BCUT2D eigenvalue weighted by molar-refractivity contribution is 5.34. The van der Waals surface area contributed by atoms with Crippen molar-refractivity contribution in [2.24, 2.45) is 5.92 Å². The standard InChI is InChI=1S/C14H21N/c1-10(2)11(3)15-14-9-8-12-6-4-5-7-13(12)14/h4-7,10-11,14-15H,8-9H2,1-3H3/t11-,14+/m0/s1.